The molecule has 0 aliphatic heterocycles. The molecule has 0 saturated carbocycles. The summed E-state index contributed by atoms with van der Waals surface area (Å²) in [4.78, 5) is 33.4. The largest absolute Gasteiger partial charge is 0.497 e. The Morgan fingerprint density at radius 1 is 1.06 bits per heavy atom. The number of nitrogens with zero attached hydrogens (tertiary/aromatic N) is 4. The molecule has 0 aliphatic carbocycles. The van der Waals surface area contributed by atoms with Crippen LogP contribution in [0, 0.1) is 0 Å². The quantitative estimate of drug-likeness (QED) is 0.480. The summed E-state index contributed by atoms with van der Waals surface area (Å²) in [5, 5.41) is 2.83. The van der Waals surface area contributed by atoms with Crippen LogP contribution in [0.4, 0.5) is 5.69 Å². The second kappa shape index (κ2) is 8.93. The second-order valence-electron chi connectivity index (χ2n) is 7.41. The fraction of sp³-hybridized carbons (Fsp3) is 0.217. The van der Waals surface area contributed by atoms with E-state index in [4.69, 9.17) is 9.47 Å². The molecule has 0 bridgehead atoms. The minimum absolute atomic E-state index is 0.0883. The Hall–Kier alpha value is -4.14. The zero-order valence-electron chi connectivity index (χ0n) is 18.0. The lowest BCUT2D eigenvalue weighted by atomic mass is 10.2. The van der Waals surface area contributed by atoms with Gasteiger partial charge in [-0.2, -0.15) is 9.50 Å². The molecule has 0 spiro atoms. The second-order valence-corrected chi connectivity index (χ2v) is 7.41. The number of aromatic nitrogens is 4. The van der Waals surface area contributed by atoms with Crippen LogP contribution in [0.25, 0.3) is 5.78 Å². The molecular formula is C23H23N5O4. The van der Waals surface area contributed by atoms with Gasteiger partial charge in [0.15, 0.2) is 0 Å². The molecule has 4 rings (SSSR count). The highest BCUT2D eigenvalue weighted by molar-refractivity contribution is 6.04. The van der Waals surface area contributed by atoms with Gasteiger partial charge in [0.2, 0.25) is 0 Å². The Balaban J connectivity index is 1.39. The molecule has 0 atom stereocenters. The maximum atomic E-state index is 12.5. The highest BCUT2D eigenvalue weighted by Crippen LogP contribution is 2.18. The third kappa shape index (κ3) is 4.46. The molecule has 1 amide bonds. The smallest absolute Gasteiger partial charge is 0.274 e. The molecule has 32 heavy (non-hydrogen) atoms. The Labute approximate surface area is 184 Å². The zero-order valence-corrected chi connectivity index (χ0v) is 18.0. The highest BCUT2D eigenvalue weighted by Gasteiger charge is 2.11. The maximum Gasteiger partial charge on any atom is 0.274 e. The van der Waals surface area contributed by atoms with Crippen LogP contribution in [0.1, 0.15) is 35.9 Å². The highest BCUT2D eigenvalue weighted by atomic mass is 16.5. The van der Waals surface area contributed by atoms with Gasteiger partial charge in [-0.05, 0) is 62.4 Å². The molecule has 9 nitrogen and oxygen atoms in total. The molecule has 2 aromatic heterocycles. The normalized spacial score (nSPS) is 11.0. The molecule has 9 heteroatoms. The zero-order chi connectivity index (χ0) is 22.7. The van der Waals surface area contributed by atoms with Crippen LogP contribution in [0.15, 0.2) is 65.7 Å². The SMILES string of the molecule is COc1ccc(C(=O)Nc2ccc(OCc3cc(=O)n4c(ncn4C(C)C)n3)cc2)cc1. The fourth-order valence-electron chi connectivity index (χ4n) is 3.15. The average molecular weight is 433 g/mol. The van der Waals surface area contributed by atoms with Crippen molar-refractivity contribution in [1.29, 1.82) is 0 Å². The first-order chi connectivity index (χ1) is 15.4. The van der Waals surface area contributed by atoms with Crippen molar-refractivity contribution >= 4 is 17.4 Å². The molecule has 2 heterocycles. The van der Waals surface area contributed by atoms with E-state index < -0.39 is 0 Å². The van der Waals surface area contributed by atoms with E-state index in [1.807, 2.05) is 13.8 Å². The lowest BCUT2D eigenvalue weighted by Crippen LogP contribution is -2.23. The third-order valence-corrected chi connectivity index (χ3v) is 4.83. The lowest BCUT2D eigenvalue weighted by Gasteiger charge is -2.10. The number of rotatable bonds is 7. The monoisotopic (exact) mass is 433 g/mol. The number of fused-ring (bicyclic) bond motifs is 1. The number of amides is 1. The van der Waals surface area contributed by atoms with Crippen molar-refractivity contribution in [2.75, 3.05) is 12.4 Å². The van der Waals surface area contributed by atoms with Gasteiger partial charge in [0.05, 0.1) is 12.8 Å². The van der Waals surface area contributed by atoms with Crippen LogP contribution >= 0.6 is 0 Å². The van der Waals surface area contributed by atoms with Crippen molar-refractivity contribution in [2.45, 2.75) is 26.5 Å². The van der Waals surface area contributed by atoms with Gasteiger partial charge < -0.3 is 14.8 Å². The molecular weight excluding hydrogens is 410 g/mol. The van der Waals surface area contributed by atoms with E-state index >= 15 is 0 Å². The molecule has 0 radical (unpaired) electrons. The number of anilines is 1. The summed E-state index contributed by atoms with van der Waals surface area (Å²) in [6, 6.07) is 15.4. The van der Waals surface area contributed by atoms with Gasteiger partial charge in [-0.15, -0.1) is 0 Å². The van der Waals surface area contributed by atoms with Crippen molar-refractivity contribution in [2.24, 2.45) is 0 Å². The summed E-state index contributed by atoms with van der Waals surface area (Å²) in [7, 11) is 1.58. The van der Waals surface area contributed by atoms with E-state index in [2.05, 4.69) is 15.3 Å². The van der Waals surface area contributed by atoms with Crippen LogP contribution in [0.3, 0.4) is 0 Å². The maximum absolute atomic E-state index is 12.5. The Morgan fingerprint density at radius 2 is 1.75 bits per heavy atom. The van der Waals surface area contributed by atoms with Gasteiger partial charge in [0.25, 0.3) is 17.2 Å². The summed E-state index contributed by atoms with van der Waals surface area (Å²) < 4.78 is 14.0. The van der Waals surface area contributed by atoms with E-state index in [1.165, 1.54) is 10.6 Å². The topological polar surface area (TPSA) is 99.7 Å². The van der Waals surface area contributed by atoms with E-state index in [-0.39, 0.29) is 24.1 Å². The Morgan fingerprint density at radius 3 is 2.41 bits per heavy atom. The summed E-state index contributed by atoms with van der Waals surface area (Å²) in [6.45, 7) is 4.05. The van der Waals surface area contributed by atoms with Crippen molar-refractivity contribution in [3.63, 3.8) is 0 Å². The van der Waals surface area contributed by atoms with Crippen LogP contribution in [0.5, 0.6) is 11.5 Å². The molecule has 0 fully saturated rings. The van der Waals surface area contributed by atoms with Crippen LogP contribution in [-0.2, 0) is 6.61 Å². The van der Waals surface area contributed by atoms with Crippen molar-refractivity contribution in [1.82, 2.24) is 19.2 Å². The summed E-state index contributed by atoms with van der Waals surface area (Å²) in [5.74, 6) is 1.39. The van der Waals surface area contributed by atoms with Crippen molar-refractivity contribution < 1.29 is 14.3 Å². The van der Waals surface area contributed by atoms with Crippen LogP contribution in [-0.4, -0.2) is 32.2 Å². The standard InChI is InChI=1S/C23H23N5O4/c1-15(2)27-14-24-23-26-18(12-21(29)28(23)27)13-32-20-10-6-17(7-11-20)25-22(30)16-4-8-19(31-3)9-5-16/h4-12,14-15H,13H2,1-3H3,(H,25,30). The molecule has 2 aromatic carbocycles. The molecule has 0 aliphatic rings. The van der Waals surface area contributed by atoms with Gasteiger partial charge in [0, 0.05) is 23.4 Å². The molecule has 164 valence electrons. The van der Waals surface area contributed by atoms with E-state index in [0.29, 0.717) is 34.2 Å². The summed E-state index contributed by atoms with van der Waals surface area (Å²) in [6.07, 6.45) is 1.60. The molecule has 1 N–H and O–H groups in total. The van der Waals surface area contributed by atoms with Gasteiger partial charge >= 0.3 is 0 Å². The first-order valence-electron chi connectivity index (χ1n) is 10.1. The summed E-state index contributed by atoms with van der Waals surface area (Å²) >= 11 is 0. The third-order valence-electron chi connectivity index (χ3n) is 4.83. The summed E-state index contributed by atoms with van der Waals surface area (Å²) in [5.41, 5.74) is 1.44. The predicted molar refractivity (Wildman–Crippen MR) is 119 cm³/mol. The Bertz CT molecular complexity index is 1290. The number of carbonyl (C=O) groups excluding carboxylic acids is 1. The molecule has 0 unspecified atom stereocenters. The predicted octanol–water partition coefficient (Wildman–Crippen LogP) is 3.31. The fourth-order valence-corrected chi connectivity index (χ4v) is 3.15. The first-order valence-corrected chi connectivity index (χ1v) is 10.1. The van der Waals surface area contributed by atoms with Gasteiger partial charge in [-0.1, -0.05) is 0 Å². The number of ether oxygens (including phenoxy) is 2. The van der Waals surface area contributed by atoms with Gasteiger partial charge in [-0.3, -0.25) is 14.3 Å². The minimum Gasteiger partial charge on any atom is -0.497 e. The number of nitrogens with one attached hydrogen (secondary N) is 1. The van der Waals surface area contributed by atoms with Gasteiger partial charge in [-0.25, -0.2) is 4.98 Å². The molecule has 0 saturated heterocycles. The van der Waals surface area contributed by atoms with Crippen LogP contribution in [0.2, 0.25) is 0 Å². The van der Waals surface area contributed by atoms with E-state index in [9.17, 15) is 9.59 Å². The molecule has 4 aromatic rings. The number of methoxy groups -OCH3 is 1. The number of hydrogen-bond donors (Lipinski definition) is 1. The number of benzene rings is 2. The number of carbonyl (C=O) groups is 1. The Kier molecular flexibility index (Phi) is 5.89. The van der Waals surface area contributed by atoms with E-state index in [1.54, 1.807) is 66.6 Å². The van der Waals surface area contributed by atoms with Crippen LogP contribution < -0.4 is 20.3 Å². The number of hydrogen-bond acceptors (Lipinski definition) is 6. The first kappa shape index (κ1) is 21.1. The average Bonchev–Trinajstić information content (AvgIpc) is 3.24. The van der Waals surface area contributed by atoms with Crippen molar-refractivity contribution in [3.8, 4) is 11.5 Å². The van der Waals surface area contributed by atoms with Gasteiger partial charge in [0.1, 0.15) is 24.4 Å². The lowest BCUT2D eigenvalue weighted by molar-refractivity contribution is 0.102. The van der Waals surface area contributed by atoms with E-state index in [0.717, 1.165) is 0 Å². The van der Waals surface area contributed by atoms with Crippen molar-refractivity contribution in [3.05, 3.63) is 82.5 Å². The minimum atomic E-state index is -0.222.